The van der Waals surface area contributed by atoms with Crippen molar-refractivity contribution < 1.29 is 19.1 Å². The number of hydrogen-bond donors (Lipinski definition) is 1. The summed E-state index contributed by atoms with van der Waals surface area (Å²) in [6.45, 7) is 6.58. The second-order valence-electron chi connectivity index (χ2n) is 9.22. The summed E-state index contributed by atoms with van der Waals surface area (Å²) in [6, 6.07) is 10.1. The summed E-state index contributed by atoms with van der Waals surface area (Å²) in [7, 11) is 3.40. The molecule has 1 saturated carbocycles. The monoisotopic (exact) mass is 428 g/mol. The largest absolute Gasteiger partial charge is 0.443 e. The number of aromatic nitrogens is 2. The summed E-state index contributed by atoms with van der Waals surface area (Å²) in [4.78, 5) is 25.7. The van der Waals surface area contributed by atoms with Gasteiger partial charge in [0.2, 0.25) is 0 Å². The quantitative estimate of drug-likeness (QED) is 0.729. The lowest BCUT2D eigenvalue weighted by molar-refractivity contribution is -0.0397. The van der Waals surface area contributed by atoms with Crippen LogP contribution in [0.25, 0.3) is 0 Å². The number of carbonyl (C=O) groups excluding carboxylic acids is 2. The van der Waals surface area contributed by atoms with Gasteiger partial charge in [0.15, 0.2) is 5.69 Å². The van der Waals surface area contributed by atoms with Gasteiger partial charge in [-0.3, -0.25) is 9.48 Å². The third-order valence-corrected chi connectivity index (χ3v) is 5.46. The molecule has 3 rings (SSSR count). The van der Waals surface area contributed by atoms with Crippen molar-refractivity contribution in [1.29, 1.82) is 0 Å². The van der Waals surface area contributed by atoms with Crippen LogP contribution in [0.3, 0.4) is 0 Å². The zero-order chi connectivity index (χ0) is 22.8. The molecule has 31 heavy (non-hydrogen) atoms. The molecule has 2 amide bonds. The van der Waals surface area contributed by atoms with Crippen molar-refractivity contribution in [3.05, 3.63) is 52.8 Å². The van der Waals surface area contributed by atoms with E-state index in [0.29, 0.717) is 18.0 Å². The maximum Gasteiger partial charge on any atom is 0.404 e. The van der Waals surface area contributed by atoms with E-state index in [0.717, 1.165) is 24.0 Å². The van der Waals surface area contributed by atoms with Crippen molar-refractivity contribution >= 4 is 12.0 Å². The van der Waals surface area contributed by atoms with Gasteiger partial charge in [-0.15, -0.1) is 0 Å². The molecule has 8 heteroatoms. The number of ether oxygens (including phenoxy) is 2. The lowest BCUT2D eigenvalue weighted by Crippen LogP contribution is -2.35. The number of hydrogen-bond acceptors (Lipinski definition) is 5. The van der Waals surface area contributed by atoms with Crippen LogP contribution in [0, 0.1) is 0 Å². The molecule has 0 spiro atoms. The minimum atomic E-state index is -0.856. The van der Waals surface area contributed by atoms with Crippen molar-refractivity contribution in [2.24, 2.45) is 5.73 Å². The van der Waals surface area contributed by atoms with Crippen LogP contribution in [0.4, 0.5) is 4.79 Å². The Balaban J connectivity index is 1.83. The third-order valence-electron chi connectivity index (χ3n) is 5.46. The van der Waals surface area contributed by atoms with Gasteiger partial charge in [-0.2, -0.15) is 5.10 Å². The summed E-state index contributed by atoms with van der Waals surface area (Å²) in [5.41, 5.74) is 7.85. The highest BCUT2D eigenvalue weighted by Gasteiger charge is 2.38. The lowest BCUT2D eigenvalue weighted by atomic mass is 9.84. The zero-order valence-corrected chi connectivity index (χ0v) is 18.9. The third kappa shape index (κ3) is 5.25. The van der Waals surface area contributed by atoms with E-state index in [1.807, 2.05) is 55.8 Å². The highest BCUT2D eigenvalue weighted by molar-refractivity contribution is 5.94. The minimum Gasteiger partial charge on any atom is -0.443 e. The maximum atomic E-state index is 12.9. The summed E-state index contributed by atoms with van der Waals surface area (Å²) in [5, 5.41) is 4.69. The second kappa shape index (κ2) is 9.09. The molecule has 1 aromatic heterocycles. The molecule has 0 bridgehead atoms. The molecule has 0 aliphatic heterocycles. The summed E-state index contributed by atoms with van der Waals surface area (Å²) in [5.74, 6) is -0.180. The SMILES string of the molecule is CN(C)C(=O)c1nn([C@H]2C[C@@H](OCc3ccccc3)C2)c(COC(N)=O)c1C(C)(C)C. The fourth-order valence-electron chi connectivity index (χ4n) is 3.86. The fourth-order valence-corrected chi connectivity index (χ4v) is 3.86. The molecular formula is C23H32N4O4. The Bertz CT molecular complexity index is 925. The topological polar surface area (TPSA) is 99.7 Å². The second-order valence-corrected chi connectivity index (χ2v) is 9.22. The molecule has 1 heterocycles. The van der Waals surface area contributed by atoms with Crippen LogP contribution in [0.5, 0.6) is 0 Å². The molecule has 0 saturated heterocycles. The first-order valence-corrected chi connectivity index (χ1v) is 10.5. The molecule has 0 radical (unpaired) electrons. The first-order valence-electron chi connectivity index (χ1n) is 10.5. The van der Waals surface area contributed by atoms with Crippen LogP contribution < -0.4 is 5.73 Å². The van der Waals surface area contributed by atoms with Gasteiger partial charge in [0.1, 0.15) is 6.61 Å². The number of nitrogens with two attached hydrogens (primary N) is 1. The smallest absolute Gasteiger partial charge is 0.404 e. The Labute approximate surface area is 183 Å². The van der Waals surface area contributed by atoms with Crippen molar-refractivity contribution in [2.75, 3.05) is 14.1 Å². The van der Waals surface area contributed by atoms with E-state index in [2.05, 4.69) is 5.10 Å². The van der Waals surface area contributed by atoms with E-state index < -0.39 is 6.09 Å². The average molecular weight is 429 g/mol. The highest BCUT2D eigenvalue weighted by Crippen LogP contribution is 2.39. The van der Waals surface area contributed by atoms with Gasteiger partial charge in [-0.25, -0.2) is 4.79 Å². The number of carbonyl (C=O) groups is 2. The summed E-state index contributed by atoms with van der Waals surface area (Å²) >= 11 is 0. The Morgan fingerprint density at radius 2 is 1.81 bits per heavy atom. The molecule has 1 aromatic carbocycles. The van der Waals surface area contributed by atoms with Crippen LogP contribution in [-0.4, -0.2) is 46.9 Å². The normalized spacial score (nSPS) is 18.4. The van der Waals surface area contributed by atoms with E-state index in [1.165, 1.54) is 4.90 Å². The summed E-state index contributed by atoms with van der Waals surface area (Å²) in [6.07, 6.45) is 0.810. The Hall–Kier alpha value is -2.87. The lowest BCUT2D eigenvalue weighted by Gasteiger charge is -2.36. The van der Waals surface area contributed by atoms with Crippen molar-refractivity contribution in [2.45, 2.75) is 64.4 Å². The van der Waals surface area contributed by atoms with E-state index >= 15 is 0 Å². The number of rotatable bonds is 7. The van der Waals surface area contributed by atoms with Crippen LogP contribution in [-0.2, 0) is 28.1 Å². The van der Waals surface area contributed by atoms with Gasteiger partial charge in [-0.1, -0.05) is 51.1 Å². The van der Waals surface area contributed by atoms with Crippen molar-refractivity contribution in [3.63, 3.8) is 0 Å². The van der Waals surface area contributed by atoms with Crippen LogP contribution >= 0.6 is 0 Å². The van der Waals surface area contributed by atoms with E-state index in [4.69, 9.17) is 15.2 Å². The highest BCUT2D eigenvalue weighted by atomic mass is 16.5. The van der Waals surface area contributed by atoms with E-state index in [9.17, 15) is 9.59 Å². The molecule has 2 N–H and O–H groups in total. The minimum absolute atomic E-state index is 0.0261. The van der Waals surface area contributed by atoms with Gasteiger partial charge < -0.3 is 20.1 Å². The molecular weight excluding hydrogens is 396 g/mol. The standard InChI is InChI=1S/C23H32N4O4/c1-23(2,3)19-18(14-31-22(24)29)27(25-20(19)21(28)26(4)5)16-11-17(12-16)30-13-15-9-7-6-8-10-15/h6-10,16-17H,11-14H2,1-5H3,(H2,24,29)/t16-,17+. The number of amides is 2. The van der Waals surface area contributed by atoms with Gasteiger partial charge in [0.05, 0.1) is 24.4 Å². The molecule has 8 nitrogen and oxygen atoms in total. The van der Waals surface area contributed by atoms with Gasteiger partial charge in [0.25, 0.3) is 5.91 Å². The fraction of sp³-hybridized carbons (Fsp3) is 0.522. The van der Waals surface area contributed by atoms with Crippen LogP contribution in [0.2, 0.25) is 0 Å². The number of primary amides is 1. The maximum absolute atomic E-state index is 12.9. The predicted molar refractivity (Wildman–Crippen MR) is 117 cm³/mol. The van der Waals surface area contributed by atoms with Gasteiger partial charge in [-0.05, 0) is 23.8 Å². The Morgan fingerprint density at radius 3 is 2.35 bits per heavy atom. The predicted octanol–water partition coefficient (Wildman–Crippen LogP) is 3.40. The first-order chi connectivity index (χ1) is 14.6. The molecule has 1 aliphatic rings. The first kappa shape index (κ1) is 22.8. The van der Waals surface area contributed by atoms with Gasteiger partial charge in [0, 0.05) is 19.7 Å². The van der Waals surface area contributed by atoms with Crippen molar-refractivity contribution in [3.8, 4) is 0 Å². The zero-order valence-electron chi connectivity index (χ0n) is 18.9. The molecule has 168 valence electrons. The van der Waals surface area contributed by atoms with Gasteiger partial charge >= 0.3 is 6.09 Å². The average Bonchev–Trinajstić information content (AvgIpc) is 3.04. The molecule has 2 aromatic rings. The molecule has 0 unspecified atom stereocenters. The van der Waals surface area contributed by atoms with E-state index in [-0.39, 0.29) is 30.1 Å². The number of nitrogens with zero attached hydrogens (tertiary/aromatic N) is 3. The number of benzene rings is 1. The molecule has 1 fully saturated rings. The van der Waals surface area contributed by atoms with Crippen molar-refractivity contribution in [1.82, 2.24) is 14.7 Å². The molecule has 1 aliphatic carbocycles. The van der Waals surface area contributed by atoms with Crippen LogP contribution in [0.1, 0.15) is 67.0 Å². The van der Waals surface area contributed by atoms with Crippen LogP contribution in [0.15, 0.2) is 30.3 Å². The molecule has 0 atom stereocenters. The Morgan fingerprint density at radius 1 is 1.16 bits per heavy atom. The Kier molecular flexibility index (Phi) is 6.69. The summed E-state index contributed by atoms with van der Waals surface area (Å²) < 4.78 is 13.0. The van der Waals surface area contributed by atoms with E-state index in [1.54, 1.807) is 14.1 Å².